The highest BCUT2D eigenvalue weighted by molar-refractivity contribution is 5.78. The van der Waals surface area contributed by atoms with Crippen LogP contribution in [0.25, 0.3) is 0 Å². The van der Waals surface area contributed by atoms with E-state index in [4.69, 9.17) is 4.74 Å². The van der Waals surface area contributed by atoms with E-state index in [0.29, 0.717) is 31.8 Å². The number of benzene rings is 1. The molecule has 0 aromatic heterocycles. The molecule has 1 aliphatic heterocycles. The summed E-state index contributed by atoms with van der Waals surface area (Å²) in [5.74, 6) is 0.851. The summed E-state index contributed by atoms with van der Waals surface area (Å²) in [6.45, 7) is 6.52. The van der Waals surface area contributed by atoms with Crippen LogP contribution in [0.2, 0.25) is 0 Å². The number of carbonyl (C=O) groups is 2. The largest absolute Gasteiger partial charge is 0.484 e. The fraction of sp³-hybridized carbons (Fsp3) is 0.529. The molecule has 2 amide bonds. The molecule has 0 radical (unpaired) electrons. The second-order valence-electron chi connectivity index (χ2n) is 5.57. The Morgan fingerprint density at radius 2 is 1.77 bits per heavy atom. The lowest BCUT2D eigenvalue weighted by molar-refractivity contribution is -0.134. The molecule has 22 heavy (non-hydrogen) atoms. The Balaban J connectivity index is 1.84. The van der Waals surface area contributed by atoms with Gasteiger partial charge in [0.1, 0.15) is 5.75 Å². The monoisotopic (exact) mass is 304 g/mol. The van der Waals surface area contributed by atoms with E-state index in [1.165, 1.54) is 0 Å². The normalized spacial score (nSPS) is 15.4. The van der Waals surface area contributed by atoms with Gasteiger partial charge in [0.25, 0.3) is 5.91 Å². The summed E-state index contributed by atoms with van der Waals surface area (Å²) >= 11 is 0. The first-order valence-electron chi connectivity index (χ1n) is 7.85. The smallest absolute Gasteiger partial charge is 0.260 e. The highest BCUT2D eigenvalue weighted by atomic mass is 16.5. The zero-order valence-corrected chi connectivity index (χ0v) is 13.4. The Morgan fingerprint density at radius 3 is 2.41 bits per heavy atom. The van der Waals surface area contributed by atoms with Gasteiger partial charge in [0.2, 0.25) is 5.91 Å². The molecule has 0 unspecified atom stereocenters. The minimum absolute atomic E-state index is 0.0210. The van der Waals surface area contributed by atoms with Crippen molar-refractivity contribution in [3.63, 3.8) is 0 Å². The average molecular weight is 304 g/mol. The first-order chi connectivity index (χ1) is 10.6. The van der Waals surface area contributed by atoms with E-state index >= 15 is 0 Å². The Kier molecular flexibility index (Phi) is 5.81. The summed E-state index contributed by atoms with van der Waals surface area (Å²) in [5.41, 5.74) is 1.11. The number of carbonyl (C=O) groups excluding carboxylic acids is 2. The number of ether oxygens (including phenoxy) is 1. The lowest BCUT2D eigenvalue weighted by atomic mass is 10.2. The van der Waals surface area contributed by atoms with E-state index in [1.807, 2.05) is 43.0 Å². The lowest BCUT2D eigenvalue weighted by Gasteiger charge is -2.22. The first kappa shape index (κ1) is 16.3. The van der Waals surface area contributed by atoms with Crippen molar-refractivity contribution in [1.82, 2.24) is 9.80 Å². The van der Waals surface area contributed by atoms with Gasteiger partial charge in [-0.1, -0.05) is 19.1 Å². The number of hydrogen-bond acceptors (Lipinski definition) is 3. The standard InChI is InChI=1S/C17H24N2O3/c1-3-16(20)18-8-5-9-19(11-10-18)17(21)13-22-15-7-4-6-14(2)12-15/h4,6-7,12H,3,5,8-11,13H2,1-2H3. The summed E-state index contributed by atoms with van der Waals surface area (Å²) < 4.78 is 5.57. The van der Waals surface area contributed by atoms with Crippen LogP contribution in [0.1, 0.15) is 25.3 Å². The van der Waals surface area contributed by atoms with Crippen molar-refractivity contribution in [2.75, 3.05) is 32.8 Å². The summed E-state index contributed by atoms with van der Waals surface area (Å²) in [4.78, 5) is 27.6. The molecular formula is C17H24N2O3. The molecule has 5 heteroatoms. The molecule has 1 heterocycles. The van der Waals surface area contributed by atoms with Crippen LogP contribution in [0, 0.1) is 6.92 Å². The fourth-order valence-electron chi connectivity index (χ4n) is 2.58. The van der Waals surface area contributed by atoms with Gasteiger partial charge in [0.15, 0.2) is 6.61 Å². The number of nitrogens with zero attached hydrogens (tertiary/aromatic N) is 2. The number of aryl methyl sites for hydroxylation is 1. The van der Waals surface area contributed by atoms with Crippen LogP contribution in [0.5, 0.6) is 5.75 Å². The van der Waals surface area contributed by atoms with E-state index in [-0.39, 0.29) is 18.4 Å². The molecule has 1 aromatic rings. The molecule has 0 spiro atoms. The van der Waals surface area contributed by atoms with Gasteiger partial charge in [0, 0.05) is 32.6 Å². The highest BCUT2D eigenvalue weighted by Crippen LogP contribution is 2.13. The third-order valence-corrected chi connectivity index (χ3v) is 3.86. The van der Waals surface area contributed by atoms with Crippen LogP contribution < -0.4 is 4.74 Å². The van der Waals surface area contributed by atoms with Crippen molar-refractivity contribution in [3.8, 4) is 5.75 Å². The van der Waals surface area contributed by atoms with Gasteiger partial charge in [-0.2, -0.15) is 0 Å². The zero-order valence-electron chi connectivity index (χ0n) is 13.4. The third kappa shape index (κ3) is 4.48. The molecule has 1 fully saturated rings. The summed E-state index contributed by atoms with van der Waals surface area (Å²) in [7, 11) is 0. The third-order valence-electron chi connectivity index (χ3n) is 3.86. The molecule has 2 rings (SSSR count). The molecule has 5 nitrogen and oxygen atoms in total. The second-order valence-corrected chi connectivity index (χ2v) is 5.57. The quantitative estimate of drug-likeness (QED) is 0.853. The Morgan fingerprint density at radius 1 is 1.09 bits per heavy atom. The maximum atomic E-state index is 12.3. The van der Waals surface area contributed by atoms with Crippen LogP contribution >= 0.6 is 0 Å². The van der Waals surface area contributed by atoms with Crippen molar-refractivity contribution >= 4 is 11.8 Å². The predicted molar refractivity (Wildman–Crippen MR) is 84.7 cm³/mol. The van der Waals surface area contributed by atoms with Crippen molar-refractivity contribution < 1.29 is 14.3 Å². The van der Waals surface area contributed by atoms with Crippen molar-refractivity contribution in [3.05, 3.63) is 29.8 Å². The first-order valence-corrected chi connectivity index (χ1v) is 7.85. The van der Waals surface area contributed by atoms with Crippen molar-refractivity contribution in [2.24, 2.45) is 0 Å². The maximum Gasteiger partial charge on any atom is 0.260 e. The van der Waals surface area contributed by atoms with Gasteiger partial charge in [-0.3, -0.25) is 9.59 Å². The molecule has 0 saturated carbocycles. The van der Waals surface area contributed by atoms with Crippen LogP contribution in [0.4, 0.5) is 0 Å². The number of rotatable bonds is 4. The number of hydrogen-bond donors (Lipinski definition) is 0. The molecular weight excluding hydrogens is 280 g/mol. The van der Waals surface area contributed by atoms with Gasteiger partial charge >= 0.3 is 0 Å². The van der Waals surface area contributed by atoms with E-state index in [9.17, 15) is 9.59 Å². The molecule has 0 bridgehead atoms. The Bertz CT molecular complexity index is 530. The van der Waals surface area contributed by atoms with E-state index < -0.39 is 0 Å². The van der Waals surface area contributed by atoms with E-state index in [0.717, 1.165) is 18.5 Å². The molecule has 1 aliphatic rings. The average Bonchev–Trinajstić information content (AvgIpc) is 2.78. The minimum Gasteiger partial charge on any atom is -0.484 e. The Hall–Kier alpha value is -2.04. The molecule has 0 atom stereocenters. The minimum atomic E-state index is -0.0210. The van der Waals surface area contributed by atoms with Crippen molar-refractivity contribution in [1.29, 1.82) is 0 Å². The fourth-order valence-corrected chi connectivity index (χ4v) is 2.58. The van der Waals surface area contributed by atoms with Gasteiger partial charge in [-0.25, -0.2) is 0 Å². The molecule has 120 valence electrons. The van der Waals surface area contributed by atoms with E-state index in [1.54, 1.807) is 4.90 Å². The molecule has 0 N–H and O–H groups in total. The summed E-state index contributed by atoms with van der Waals surface area (Å²) in [5, 5.41) is 0. The zero-order chi connectivity index (χ0) is 15.9. The molecule has 0 aliphatic carbocycles. The van der Waals surface area contributed by atoms with Gasteiger partial charge in [-0.15, -0.1) is 0 Å². The summed E-state index contributed by atoms with van der Waals surface area (Å²) in [6, 6.07) is 7.67. The van der Waals surface area contributed by atoms with Crippen molar-refractivity contribution in [2.45, 2.75) is 26.7 Å². The summed E-state index contributed by atoms with van der Waals surface area (Å²) in [6.07, 6.45) is 1.34. The highest BCUT2D eigenvalue weighted by Gasteiger charge is 2.21. The molecule has 1 aromatic carbocycles. The van der Waals surface area contributed by atoms with Crippen LogP contribution in [-0.4, -0.2) is 54.4 Å². The van der Waals surface area contributed by atoms with Gasteiger partial charge in [0.05, 0.1) is 0 Å². The van der Waals surface area contributed by atoms with E-state index in [2.05, 4.69) is 0 Å². The lowest BCUT2D eigenvalue weighted by Crippen LogP contribution is -2.39. The number of amides is 2. The second kappa shape index (κ2) is 7.82. The maximum absolute atomic E-state index is 12.3. The molecule has 1 saturated heterocycles. The predicted octanol–water partition coefficient (Wildman–Crippen LogP) is 1.84. The van der Waals surface area contributed by atoms with Gasteiger partial charge in [-0.05, 0) is 31.0 Å². The van der Waals surface area contributed by atoms with Crippen LogP contribution in [0.15, 0.2) is 24.3 Å². The van der Waals surface area contributed by atoms with Gasteiger partial charge < -0.3 is 14.5 Å². The SMILES string of the molecule is CCC(=O)N1CCCN(C(=O)COc2cccc(C)c2)CC1. The van der Waals surface area contributed by atoms with Crippen LogP contribution in [0.3, 0.4) is 0 Å². The van der Waals surface area contributed by atoms with Crippen LogP contribution in [-0.2, 0) is 9.59 Å². The topological polar surface area (TPSA) is 49.9 Å². The Labute approximate surface area is 131 Å².